The number of ether oxygens (including phenoxy) is 2. The van der Waals surface area contributed by atoms with Gasteiger partial charge in [0.05, 0.1) is 26.4 Å². The fourth-order valence-corrected chi connectivity index (χ4v) is 2.80. The fourth-order valence-electron chi connectivity index (χ4n) is 2.80. The van der Waals surface area contributed by atoms with Gasteiger partial charge in [-0.1, -0.05) is 12.1 Å². The number of rotatable bonds is 5. The third-order valence-electron chi connectivity index (χ3n) is 4.51. The Morgan fingerprint density at radius 3 is 2.54 bits per heavy atom. The second-order valence-corrected chi connectivity index (χ2v) is 5.89. The van der Waals surface area contributed by atoms with Gasteiger partial charge in [-0.3, -0.25) is 0 Å². The molecule has 0 radical (unpaired) electrons. The molecule has 2 aromatic rings. The number of morpholine rings is 1. The van der Waals surface area contributed by atoms with Crippen LogP contribution in [0.25, 0.3) is 0 Å². The Bertz CT molecular complexity index is 656. The van der Waals surface area contributed by atoms with Crippen LogP contribution in [0.4, 0.5) is 11.6 Å². The van der Waals surface area contributed by atoms with Crippen molar-refractivity contribution in [1.82, 2.24) is 9.97 Å². The molecule has 1 saturated heterocycles. The maximum atomic E-state index is 5.41. The van der Waals surface area contributed by atoms with E-state index in [9.17, 15) is 0 Å². The highest BCUT2D eigenvalue weighted by atomic mass is 16.5. The lowest BCUT2D eigenvalue weighted by molar-refractivity contribution is 0.122. The van der Waals surface area contributed by atoms with Crippen molar-refractivity contribution in [2.45, 2.75) is 13.0 Å². The zero-order chi connectivity index (χ0) is 16.9. The summed E-state index contributed by atoms with van der Waals surface area (Å²) in [5.41, 5.74) is 1.21. The molecule has 2 heterocycles. The molecule has 6 nitrogen and oxygen atoms in total. The second-order valence-electron chi connectivity index (χ2n) is 5.89. The first-order chi connectivity index (χ1) is 11.7. The highest BCUT2D eigenvalue weighted by Gasteiger charge is 2.17. The monoisotopic (exact) mass is 328 g/mol. The summed E-state index contributed by atoms with van der Waals surface area (Å²) >= 11 is 0. The Hall–Kier alpha value is -2.34. The number of anilines is 2. The third-order valence-corrected chi connectivity index (χ3v) is 4.51. The van der Waals surface area contributed by atoms with Gasteiger partial charge >= 0.3 is 0 Å². The first kappa shape index (κ1) is 16.5. The van der Waals surface area contributed by atoms with Gasteiger partial charge in [0, 0.05) is 26.2 Å². The average Bonchev–Trinajstić information content (AvgIpc) is 2.67. The summed E-state index contributed by atoms with van der Waals surface area (Å²) in [4.78, 5) is 13.3. The molecule has 0 amide bonds. The van der Waals surface area contributed by atoms with Crippen molar-refractivity contribution in [3.8, 4) is 5.75 Å². The van der Waals surface area contributed by atoms with E-state index < -0.39 is 0 Å². The number of hydrogen-bond donors (Lipinski definition) is 0. The first-order valence-corrected chi connectivity index (χ1v) is 8.20. The van der Waals surface area contributed by atoms with Crippen molar-refractivity contribution in [2.75, 3.05) is 50.3 Å². The molecule has 3 rings (SSSR count). The molecule has 0 N–H and O–H groups in total. The molecule has 1 aliphatic heterocycles. The number of aromatic nitrogens is 2. The predicted molar refractivity (Wildman–Crippen MR) is 94.9 cm³/mol. The molecule has 1 atom stereocenters. The first-order valence-electron chi connectivity index (χ1n) is 8.20. The summed E-state index contributed by atoms with van der Waals surface area (Å²) in [5.74, 6) is 2.73. The van der Waals surface area contributed by atoms with Gasteiger partial charge in [-0.25, -0.2) is 9.97 Å². The molecular formula is C18H24N4O2. The zero-order valence-electron chi connectivity index (χ0n) is 14.5. The van der Waals surface area contributed by atoms with Crippen molar-refractivity contribution < 1.29 is 9.47 Å². The SMILES string of the molecule is COc1ccc(C(C)N(C)c2cc(N3CCOCC3)ncn2)cc1. The normalized spacial score (nSPS) is 15.9. The lowest BCUT2D eigenvalue weighted by atomic mass is 10.1. The zero-order valence-corrected chi connectivity index (χ0v) is 14.5. The van der Waals surface area contributed by atoms with Gasteiger partial charge in [0.25, 0.3) is 0 Å². The van der Waals surface area contributed by atoms with Crippen LogP contribution >= 0.6 is 0 Å². The molecular weight excluding hydrogens is 304 g/mol. The highest BCUT2D eigenvalue weighted by Crippen LogP contribution is 2.27. The molecule has 1 aliphatic rings. The third kappa shape index (κ3) is 3.59. The van der Waals surface area contributed by atoms with Gasteiger partial charge in [-0.2, -0.15) is 0 Å². The van der Waals surface area contributed by atoms with E-state index >= 15 is 0 Å². The Kier molecular flexibility index (Phi) is 5.15. The summed E-state index contributed by atoms with van der Waals surface area (Å²) in [7, 11) is 3.74. The molecule has 0 bridgehead atoms. The molecule has 128 valence electrons. The Morgan fingerprint density at radius 1 is 1.17 bits per heavy atom. The van der Waals surface area contributed by atoms with Crippen molar-refractivity contribution >= 4 is 11.6 Å². The van der Waals surface area contributed by atoms with Crippen molar-refractivity contribution in [1.29, 1.82) is 0 Å². The summed E-state index contributed by atoms with van der Waals surface area (Å²) < 4.78 is 10.6. The number of benzene rings is 1. The minimum atomic E-state index is 0.198. The Morgan fingerprint density at radius 2 is 1.88 bits per heavy atom. The topological polar surface area (TPSA) is 50.7 Å². The van der Waals surface area contributed by atoms with Crippen LogP contribution in [-0.4, -0.2) is 50.4 Å². The van der Waals surface area contributed by atoms with Gasteiger partial charge in [0.1, 0.15) is 23.7 Å². The minimum absolute atomic E-state index is 0.198. The van der Waals surface area contributed by atoms with E-state index in [1.165, 1.54) is 5.56 Å². The molecule has 0 spiro atoms. The lowest BCUT2D eigenvalue weighted by Crippen LogP contribution is -2.37. The molecule has 1 aromatic carbocycles. The molecule has 1 unspecified atom stereocenters. The predicted octanol–water partition coefficient (Wildman–Crippen LogP) is 2.52. The minimum Gasteiger partial charge on any atom is -0.497 e. The summed E-state index contributed by atoms with van der Waals surface area (Å²) in [6.07, 6.45) is 1.64. The van der Waals surface area contributed by atoms with Gasteiger partial charge in [0.15, 0.2) is 0 Å². The van der Waals surface area contributed by atoms with Crippen LogP contribution in [0.3, 0.4) is 0 Å². The largest absolute Gasteiger partial charge is 0.497 e. The van der Waals surface area contributed by atoms with Gasteiger partial charge < -0.3 is 19.3 Å². The van der Waals surface area contributed by atoms with E-state index in [-0.39, 0.29) is 6.04 Å². The average molecular weight is 328 g/mol. The van der Waals surface area contributed by atoms with Crippen LogP contribution in [0, 0.1) is 0 Å². The Labute approximate surface area is 143 Å². The van der Waals surface area contributed by atoms with E-state index in [1.807, 2.05) is 18.2 Å². The van der Waals surface area contributed by atoms with Gasteiger partial charge in [-0.05, 0) is 24.6 Å². The maximum Gasteiger partial charge on any atom is 0.134 e. The van der Waals surface area contributed by atoms with Crippen LogP contribution in [0.1, 0.15) is 18.5 Å². The van der Waals surface area contributed by atoms with E-state index in [2.05, 4.69) is 45.9 Å². The summed E-state index contributed by atoms with van der Waals surface area (Å²) in [6.45, 7) is 5.40. The highest BCUT2D eigenvalue weighted by molar-refractivity contribution is 5.51. The molecule has 6 heteroatoms. The van der Waals surface area contributed by atoms with E-state index in [4.69, 9.17) is 9.47 Å². The van der Waals surface area contributed by atoms with Crippen LogP contribution in [0.15, 0.2) is 36.7 Å². The van der Waals surface area contributed by atoms with Crippen molar-refractivity contribution in [2.24, 2.45) is 0 Å². The van der Waals surface area contributed by atoms with E-state index in [0.717, 1.165) is 43.7 Å². The van der Waals surface area contributed by atoms with Gasteiger partial charge in [0.2, 0.25) is 0 Å². The quantitative estimate of drug-likeness (QED) is 0.841. The second kappa shape index (κ2) is 7.49. The number of nitrogens with zero attached hydrogens (tertiary/aromatic N) is 4. The van der Waals surface area contributed by atoms with Crippen molar-refractivity contribution in [3.63, 3.8) is 0 Å². The smallest absolute Gasteiger partial charge is 0.134 e. The molecule has 0 aliphatic carbocycles. The Balaban J connectivity index is 1.76. The fraction of sp³-hybridized carbons (Fsp3) is 0.444. The molecule has 1 fully saturated rings. The standard InChI is InChI=1S/C18H24N4O2/c1-14(15-4-6-16(23-3)7-5-15)21(2)17-12-18(20-13-19-17)22-8-10-24-11-9-22/h4-7,12-14H,8-11H2,1-3H3. The van der Waals surface area contributed by atoms with E-state index in [1.54, 1.807) is 13.4 Å². The summed E-state index contributed by atoms with van der Waals surface area (Å²) in [6, 6.07) is 10.4. The number of hydrogen-bond acceptors (Lipinski definition) is 6. The molecule has 0 saturated carbocycles. The number of methoxy groups -OCH3 is 1. The van der Waals surface area contributed by atoms with E-state index in [0.29, 0.717) is 0 Å². The van der Waals surface area contributed by atoms with Crippen LogP contribution in [-0.2, 0) is 4.74 Å². The van der Waals surface area contributed by atoms with Crippen LogP contribution in [0.5, 0.6) is 5.75 Å². The molecule has 1 aromatic heterocycles. The van der Waals surface area contributed by atoms with Crippen LogP contribution < -0.4 is 14.5 Å². The van der Waals surface area contributed by atoms with Crippen LogP contribution in [0.2, 0.25) is 0 Å². The maximum absolute atomic E-state index is 5.41. The van der Waals surface area contributed by atoms with Crippen molar-refractivity contribution in [3.05, 3.63) is 42.2 Å². The lowest BCUT2D eigenvalue weighted by Gasteiger charge is -2.30. The van der Waals surface area contributed by atoms with Gasteiger partial charge in [-0.15, -0.1) is 0 Å². The molecule has 24 heavy (non-hydrogen) atoms. The summed E-state index contributed by atoms with van der Waals surface area (Å²) in [5, 5.41) is 0.